The maximum Gasteiger partial charge on any atom is 0.291 e. The molecular weight excluding hydrogens is 464 g/mol. The third-order valence-electron chi connectivity index (χ3n) is 6.58. The Morgan fingerprint density at radius 2 is 1.73 bits per heavy atom. The number of pyridine rings is 1. The van der Waals surface area contributed by atoms with Gasteiger partial charge in [-0.3, -0.25) is 19.7 Å². The van der Waals surface area contributed by atoms with E-state index < -0.39 is 0 Å². The van der Waals surface area contributed by atoms with Crippen molar-refractivity contribution in [2.45, 2.75) is 6.54 Å². The van der Waals surface area contributed by atoms with Gasteiger partial charge in [-0.15, -0.1) is 0 Å². The standard InChI is InChI=1S/C29H26N6O2/c36-29(27-4-2-16-37-27)32-24-8-5-22(6-9-24)23-7-10-25-26(17-23)33-28(19-31-25)35-14-12-34(13-15-35)20-21-3-1-11-30-18-21/h1-11,16-19H,12-15,20H2,(H,32,36). The lowest BCUT2D eigenvalue weighted by atomic mass is 10.0. The number of fused-ring (bicyclic) bond motifs is 1. The number of carbonyl (C=O) groups excluding carboxylic acids is 1. The van der Waals surface area contributed by atoms with E-state index in [1.165, 1.54) is 11.8 Å². The molecule has 3 aromatic heterocycles. The van der Waals surface area contributed by atoms with Gasteiger partial charge in [-0.05, 0) is 59.2 Å². The fraction of sp³-hybridized carbons (Fsp3) is 0.172. The van der Waals surface area contributed by atoms with Gasteiger partial charge in [0, 0.05) is 50.8 Å². The number of furan rings is 1. The second-order valence-corrected chi connectivity index (χ2v) is 9.06. The van der Waals surface area contributed by atoms with E-state index in [4.69, 9.17) is 9.40 Å². The molecule has 1 aliphatic heterocycles. The number of anilines is 2. The lowest BCUT2D eigenvalue weighted by Gasteiger charge is -2.35. The first-order valence-corrected chi connectivity index (χ1v) is 12.3. The van der Waals surface area contributed by atoms with Gasteiger partial charge in [-0.25, -0.2) is 4.98 Å². The Labute approximate surface area is 214 Å². The molecule has 184 valence electrons. The predicted molar refractivity (Wildman–Crippen MR) is 143 cm³/mol. The van der Waals surface area contributed by atoms with E-state index in [0.717, 1.165) is 60.7 Å². The second-order valence-electron chi connectivity index (χ2n) is 9.06. The minimum Gasteiger partial charge on any atom is -0.459 e. The third-order valence-corrected chi connectivity index (χ3v) is 6.58. The summed E-state index contributed by atoms with van der Waals surface area (Å²) in [5, 5.41) is 2.85. The van der Waals surface area contributed by atoms with Crippen molar-refractivity contribution in [3.05, 3.63) is 103 Å². The number of nitrogens with one attached hydrogen (secondary N) is 1. The molecule has 0 spiro atoms. The SMILES string of the molecule is O=C(Nc1ccc(-c2ccc3ncc(N4CCN(Cc5cccnc5)CC4)nc3c2)cc1)c1ccco1. The molecule has 0 aliphatic carbocycles. The highest BCUT2D eigenvalue weighted by molar-refractivity contribution is 6.02. The first-order chi connectivity index (χ1) is 18.2. The van der Waals surface area contributed by atoms with Crippen LogP contribution in [0.2, 0.25) is 0 Å². The van der Waals surface area contributed by atoms with E-state index in [1.807, 2.05) is 61.1 Å². The van der Waals surface area contributed by atoms with Crippen molar-refractivity contribution in [1.82, 2.24) is 19.9 Å². The van der Waals surface area contributed by atoms with Gasteiger partial charge in [0.1, 0.15) is 5.82 Å². The van der Waals surface area contributed by atoms with Crippen LogP contribution in [0.25, 0.3) is 22.2 Å². The summed E-state index contributed by atoms with van der Waals surface area (Å²) in [4.78, 5) is 30.8. The zero-order chi connectivity index (χ0) is 25.0. The van der Waals surface area contributed by atoms with E-state index in [2.05, 4.69) is 37.2 Å². The summed E-state index contributed by atoms with van der Waals surface area (Å²) in [7, 11) is 0. The van der Waals surface area contributed by atoms with Crippen molar-refractivity contribution in [1.29, 1.82) is 0 Å². The first-order valence-electron chi connectivity index (χ1n) is 12.3. The van der Waals surface area contributed by atoms with Crippen LogP contribution in [0.4, 0.5) is 11.5 Å². The molecule has 1 fully saturated rings. The normalized spacial score (nSPS) is 14.1. The van der Waals surface area contributed by atoms with Crippen LogP contribution < -0.4 is 10.2 Å². The van der Waals surface area contributed by atoms with Crippen LogP contribution in [0.3, 0.4) is 0 Å². The number of carbonyl (C=O) groups is 1. The Kier molecular flexibility index (Phi) is 6.31. The van der Waals surface area contributed by atoms with Crippen molar-refractivity contribution >= 4 is 28.4 Å². The van der Waals surface area contributed by atoms with E-state index in [0.29, 0.717) is 5.69 Å². The molecule has 0 bridgehead atoms. The van der Waals surface area contributed by atoms with Gasteiger partial charge in [0.15, 0.2) is 5.76 Å². The van der Waals surface area contributed by atoms with Gasteiger partial charge in [0.05, 0.1) is 23.5 Å². The van der Waals surface area contributed by atoms with Crippen LogP contribution in [-0.4, -0.2) is 51.9 Å². The quantitative estimate of drug-likeness (QED) is 0.364. The van der Waals surface area contributed by atoms with E-state index in [9.17, 15) is 4.79 Å². The topological polar surface area (TPSA) is 87.4 Å². The lowest BCUT2D eigenvalue weighted by Crippen LogP contribution is -2.46. The van der Waals surface area contributed by atoms with Gasteiger partial charge in [-0.2, -0.15) is 0 Å². The van der Waals surface area contributed by atoms with Crippen LogP contribution >= 0.6 is 0 Å². The largest absolute Gasteiger partial charge is 0.459 e. The van der Waals surface area contributed by atoms with Crippen molar-refractivity contribution in [2.75, 3.05) is 36.4 Å². The number of benzene rings is 2. The van der Waals surface area contributed by atoms with Crippen molar-refractivity contribution in [3.8, 4) is 11.1 Å². The molecule has 37 heavy (non-hydrogen) atoms. The molecule has 1 amide bonds. The fourth-order valence-corrected chi connectivity index (χ4v) is 4.57. The number of hydrogen-bond acceptors (Lipinski definition) is 7. The molecule has 1 N–H and O–H groups in total. The molecule has 0 unspecified atom stereocenters. The summed E-state index contributed by atoms with van der Waals surface area (Å²) in [6.07, 6.45) is 7.10. The summed E-state index contributed by atoms with van der Waals surface area (Å²) >= 11 is 0. The smallest absolute Gasteiger partial charge is 0.291 e. The van der Waals surface area contributed by atoms with Crippen molar-refractivity contribution in [2.24, 2.45) is 0 Å². The summed E-state index contributed by atoms with van der Waals surface area (Å²) < 4.78 is 5.15. The van der Waals surface area contributed by atoms with Gasteiger partial charge in [-0.1, -0.05) is 24.3 Å². The number of aromatic nitrogens is 3. The van der Waals surface area contributed by atoms with Gasteiger partial charge < -0.3 is 14.6 Å². The van der Waals surface area contributed by atoms with E-state index in [-0.39, 0.29) is 11.7 Å². The maximum absolute atomic E-state index is 12.2. The van der Waals surface area contributed by atoms with E-state index >= 15 is 0 Å². The van der Waals surface area contributed by atoms with Crippen molar-refractivity contribution < 1.29 is 9.21 Å². The minimum absolute atomic E-state index is 0.274. The molecule has 0 atom stereocenters. The summed E-state index contributed by atoms with van der Waals surface area (Å²) in [5.41, 5.74) is 5.75. The molecule has 5 aromatic rings. The monoisotopic (exact) mass is 490 g/mol. The average Bonchev–Trinajstić information content (AvgIpc) is 3.49. The molecule has 6 rings (SSSR count). The van der Waals surface area contributed by atoms with Crippen LogP contribution in [0.5, 0.6) is 0 Å². The summed E-state index contributed by atoms with van der Waals surface area (Å²) in [6, 6.07) is 21.3. The summed E-state index contributed by atoms with van der Waals surface area (Å²) in [6.45, 7) is 4.67. The average molecular weight is 491 g/mol. The van der Waals surface area contributed by atoms with Crippen LogP contribution in [0.1, 0.15) is 16.1 Å². The highest BCUT2D eigenvalue weighted by Gasteiger charge is 2.19. The van der Waals surface area contributed by atoms with Crippen LogP contribution in [0, 0.1) is 0 Å². The highest BCUT2D eigenvalue weighted by Crippen LogP contribution is 2.26. The molecule has 0 saturated carbocycles. The van der Waals surface area contributed by atoms with Gasteiger partial charge in [0.25, 0.3) is 5.91 Å². The number of rotatable bonds is 6. The van der Waals surface area contributed by atoms with Crippen molar-refractivity contribution in [3.63, 3.8) is 0 Å². The third kappa shape index (κ3) is 5.19. The molecule has 2 aromatic carbocycles. The predicted octanol–water partition coefficient (Wildman–Crippen LogP) is 4.86. The second kappa shape index (κ2) is 10.2. The summed E-state index contributed by atoms with van der Waals surface area (Å²) in [5.74, 6) is 0.911. The van der Waals surface area contributed by atoms with E-state index in [1.54, 1.807) is 12.1 Å². The fourth-order valence-electron chi connectivity index (χ4n) is 4.57. The zero-order valence-electron chi connectivity index (χ0n) is 20.2. The Hall–Kier alpha value is -4.56. The molecule has 4 heterocycles. The van der Waals surface area contributed by atoms with Gasteiger partial charge >= 0.3 is 0 Å². The molecular formula is C29H26N6O2. The maximum atomic E-state index is 12.2. The Morgan fingerprint density at radius 1 is 0.892 bits per heavy atom. The minimum atomic E-state index is -0.274. The Morgan fingerprint density at radius 3 is 2.49 bits per heavy atom. The highest BCUT2D eigenvalue weighted by atomic mass is 16.3. The first kappa shape index (κ1) is 22.9. The molecule has 1 saturated heterocycles. The van der Waals surface area contributed by atoms with Crippen LogP contribution in [0.15, 0.2) is 96.0 Å². The number of hydrogen-bond donors (Lipinski definition) is 1. The van der Waals surface area contributed by atoms with Gasteiger partial charge in [0.2, 0.25) is 0 Å². The zero-order valence-corrected chi connectivity index (χ0v) is 20.2. The number of amides is 1. The molecule has 1 aliphatic rings. The number of nitrogens with zero attached hydrogens (tertiary/aromatic N) is 5. The Balaban J connectivity index is 1.14. The van der Waals surface area contributed by atoms with Crippen LogP contribution in [-0.2, 0) is 6.54 Å². The lowest BCUT2D eigenvalue weighted by molar-refractivity contribution is 0.0996. The Bertz CT molecular complexity index is 1500. The number of piperazine rings is 1. The molecule has 8 nitrogen and oxygen atoms in total. The molecule has 0 radical (unpaired) electrons. The molecule has 8 heteroatoms.